The minimum absolute atomic E-state index is 0.119. The molecular weight excluding hydrogens is 428 g/mol. The lowest BCUT2D eigenvalue weighted by Crippen LogP contribution is -2.33. The minimum atomic E-state index is -0.891. The second-order valence-corrected chi connectivity index (χ2v) is 7.22. The lowest BCUT2D eigenvalue weighted by Gasteiger charge is -2.25. The van der Waals surface area contributed by atoms with Crippen LogP contribution < -0.4 is 15.5 Å². The van der Waals surface area contributed by atoms with Gasteiger partial charge in [-0.3, -0.25) is 20.1 Å². The Morgan fingerprint density at radius 1 is 1.09 bits per heavy atom. The number of benzene rings is 2. The van der Waals surface area contributed by atoms with Gasteiger partial charge in [-0.15, -0.1) is 0 Å². The Kier molecular flexibility index (Phi) is 10.6. The van der Waals surface area contributed by atoms with Crippen LogP contribution in [0.2, 0.25) is 0 Å². The summed E-state index contributed by atoms with van der Waals surface area (Å²) < 4.78 is 11.1. The lowest BCUT2D eigenvalue weighted by atomic mass is 9.93. The first-order valence-electron chi connectivity index (χ1n) is 10.5. The van der Waals surface area contributed by atoms with Gasteiger partial charge in [0.25, 0.3) is 11.8 Å². The van der Waals surface area contributed by atoms with Crippen LogP contribution in [0.5, 0.6) is 5.75 Å². The average molecular weight is 456 g/mol. The molecule has 3 amide bonds. The molecule has 33 heavy (non-hydrogen) atoms. The van der Waals surface area contributed by atoms with Crippen molar-refractivity contribution in [2.75, 3.05) is 13.2 Å². The summed E-state index contributed by atoms with van der Waals surface area (Å²) in [6, 6.07) is 15.2. The van der Waals surface area contributed by atoms with Gasteiger partial charge in [0.15, 0.2) is 0 Å². The van der Waals surface area contributed by atoms with Crippen molar-refractivity contribution in [3.63, 3.8) is 0 Å². The Morgan fingerprint density at radius 3 is 2.55 bits per heavy atom. The molecule has 2 rings (SSSR count). The molecule has 0 aliphatic carbocycles. The van der Waals surface area contributed by atoms with Crippen LogP contribution in [0, 0.1) is 5.92 Å². The maximum atomic E-state index is 12.5. The second kappa shape index (κ2) is 13.7. The Morgan fingerprint density at radius 2 is 1.85 bits per heavy atom. The van der Waals surface area contributed by atoms with Gasteiger partial charge in [-0.2, -0.15) is 0 Å². The second-order valence-electron chi connectivity index (χ2n) is 7.22. The fourth-order valence-corrected chi connectivity index (χ4v) is 3.09. The van der Waals surface area contributed by atoms with Gasteiger partial charge in [-0.1, -0.05) is 43.3 Å². The number of nitrogens with one attached hydrogen (secondary N) is 2. The molecule has 0 saturated carbocycles. The van der Waals surface area contributed by atoms with Crippen LogP contribution in [-0.4, -0.2) is 41.4 Å². The molecule has 0 aromatic heterocycles. The number of amides is 3. The van der Waals surface area contributed by atoms with E-state index in [-0.39, 0.29) is 19.1 Å². The van der Waals surface area contributed by atoms with E-state index in [0.717, 1.165) is 0 Å². The number of carbonyl (C=O) groups excluding carboxylic acids is 3. The highest BCUT2D eigenvalue weighted by Crippen LogP contribution is 2.31. The molecule has 2 atom stereocenters. The fourth-order valence-electron chi connectivity index (χ4n) is 3.09. The SMILES string of the molecule is C[C@@H](CC/C=C/C(=O)NO)[C@H](OC(=O)NC(=O)c1ccccc1)c1cccc(OCCO)c1. The summed E-state index contributed by atoms with van der Waals surface area (Å²) in [5.41, 5.74) is 2.49. The zero-order chi connectivity index (χ0) is 24.1. The van der Waals surface area contributed by atoms with Crippen molar-refractivity contribution in [2.45, 2.75) is 25.9 Å². The number of alkyl carbamates (subject to hydrolysis) is 1. The monoisotopic (exact) mass is 456 g/mol. The van der Waals surface area contributed by atoms with Crippen LogP contribution in [0.3, 0.4) is 0 Å². The molecule has 0 saturated heterocycles. The molecule has 0 heterocycles. The molecule has 0 aliphatic heterocycles. The smallest absolute Gasteiger partial charge is 0.414 e. The van der Waals surface area contributed by atoms with Crippen molar-refractivity contribution in [1.82, 2.24) is 10.8 Å². The van der Waals surface area contributed by atoms with Gasteiger partial charge >= 0.3 is 6.09 Å². The summed E-state index contributed by atoms with van der Waals surface area (Å²) in [5.74, 6) is -0.909. The summed E-state index contributed by atoms with van der Waals surface area (Å²) in [6.07, 6.45) is 2.22. The van der Waals surface area contributed by atoms with Crippen molar-refractivity contribution in [3.8, 4) is 5.75 Å². The number of ether oxygens (including phenoxy) is 2. The zero-order valence-electron chi connectivity index (χ0n) is 18.3. The van der Waals surface area contributed by atoms with Gasteiger partial charge in [-0.25, -0.2) is 10.3 Å². The number of rotatable bonds is 11. The van der Waals surface area contributed by atoms with E-state index in [0.29, 0.717) is 29.7 Å². The summed E-state index contributed by atoms with van der Waals surface area (Å²) in [6.45, 7) is 1.85. The third-order valence-corrected chi connectivity index (χ3v) is 4.72. The number of aliphatic hydroxyl groups is 1. The molecule has 4 N–H and O–H groups in total. The van der Waals surface area contributed by atoms with Crippen molar-refractivity contribution in [3.05, 3.63) is 77.9 Å². The highest BCUT2D eigenvalue weighted by molar-refractivity contribution is 6.02. The van der Waals surface area contributed by atoms with Crippen molar-refractivity contribution in [2.24, 2.45) is 5.92 Å². The quantitative estimate of drug-likeness (QED) is 0.232. The fraction of sp³-hybridized carbons (Fsp3) is 0.292. The molecule has 0 fully saturated rings. The molecule has 0 unspecified atom stereocenters. The highest BCUT2D eigenvalue weighted by atomic mass is 16.6. The number of hydroxylamine groups is 1. The van der Waals surface area contributed by atoms with E-state index in [1.54, 1.807) is 60.7 Å². The first kappa shape index (κ1) is 25.6. The van der Waals surface area contributed by atoms with Crippen LogP contribution in [0.15, 0.2) is 66.7 Å². The summed E-state index contributed by atoms with van der Waals surface area (Å²) in [4.78, 5) is 35.9. The number of imide groups is 1. The van der Waals surface area contributed by atoms with E-state index >= 15 is 0 Å². The van der Waals surface area contributed by atoms with Gasteiger partial charge in [0.1, 0.15) is 18.5 Å². The normalized spacial score (nSPS) is 12.6. The first-order chi connectivity index (χ1) is 15.9. The topological polar surface area (TPSA) is 134 Å². The predicted octanol–water partition coefficient (Wildman–Crippen LogP) is 3.14. The largest absolute Gasteiger partial charge is 0.491 e. The Hall–Kier alpha value is -3.69. The number of hydrogen-bond donors (Lipinski definition) is 4. The highest BCUT2D eigenvalue weighted by Gasteiger charge is 2.25. The lowest BCUT2D eigenvalue weighted by molar-refractivity contribution is -0.124. The molecule has 2 aromatic rings. The number of carbonyl (C=O) groups is 3. The standard InChI is InChI=1S/C24H28N2O7/c1-17(8-5-6-13-21(28)26-31)22(19-11-7-12-20(16-19)32-15-14-27)33-24(30)25-23(29)18-9-3-2-4-10-18/h2-4,6-7,9-13,16-17,22,27,31H,5,8,14-15H2,1H3,(H,26,28)(H,25,29,30)/b13-6+/t17-,22-/m0/s1. The molecule has 176 valence electrons. The van der Waals surface area contributed by atoms with Gasteiger partial charge in [0.05, 0.1) is 6.61 Å². The Labute approximate surface area is 192 Å². The van der Waals surface area contributed by atoms with E-state index < -0.39 is 24.0 Å². The van der Waals surface area contributed by atoms with Crippen molar-refractivity contribution < 1.29 is 34.2 Å². The minimum Gasteiger partial charge on any atom is -0.491 e. The van der Waals surface area contributed by atoms with Crippen LogP contribution in [0.25, 0.3) is 0 Å². The van der Waals surface area contributed by atoms with Gasteiger partial charge in [0, 0.05) is 11.6 Å². The molecule has 9 nitrogen and oxygen atoms in total. The van der Waals surface area contributed by atoms with E-state index in [1.165, 1.54) is 11.6 Å². The van der Waals surface area contributed by atoms with Gasteiger partial charge in [-0.05, 0) is 48.6 Å². The molecule has 0 bridgehead atoms. The third-order valence-electron chi connectivity index (χ3n) is 4.72. The molecule has 0 aliphatic rings. The number of hydrogen-bond acceptors (Lipinski definition) is 7. The maximum absolute atomic E-state index is 12.5. The third kappa shape index (κ3) is 8.76. The maximum Gasteiger partial charge on any atom is 0.414 e. The first-order valence-corrected chi connectivity index (χ1v) is 10.5. The van der Waals surface area contributed by atoms with Crippen LogP contribution in [0.1, 0.15) is 41.8 Å². The van der Waals surface area contributed by atoms with Crippen LogP contribution in [0.4, 0.5) is 4.79 Å². The molecule has 2 aromatic carbocycles. The Balaban J connectivity index is 2.13. The van der Waals surface area contributed by atoms with Crippen LogP contribution >= 0.6 is 0 Å². The van der Waals surface area contributed by atoms with Gasteiger partial charge in [0.2, 0.25) is 0 Å². The van der Waals surface area contributed by atoms with Crippen molar-refractivity contribution in [1.29, 1.82) is 0 Å². The zero-order valence-corrected chi connectivity index (χ0v) is 18.3. The van der Waals surface area contributed by atoms with E-state index in [1.807, 2.05) is 6.92 Å². The average Bonchev–Trinajstić information content (AvgIpc) is 2.84. The number of allylic oxidation sites excluding steroid dienone is 1. The van der Waals surface area contributed by atoms with E-state index in [4.69, 9.17) is 19.8 Å². The number of aliphatic hydroxyl groups excluding tert-OH is 1. The summed E-state index contributed by atoms with van der Waals surface area (Å²) in [7, 11) is 0. The Bertz CT molecular complexity index is 947. The molecule has 0 radical (unpaired) electrons. The molecular formula is C24H28N2O7. The molecule has 0 spiro atoms. The van der Waals surface area contributed by atoms with Crippen LogP contribution in [-0.2, 0) is 9.53 Å². The summed E-state index contributed by atoms with van der Waals surface area (Å²) in [5, 5.41) is 19.8. The molecule has 9 heteroatoms. The van der Waals surface area contributed by atoms with Gasteiger partial charge < -0.3 is 14.6 Å². The van der Waals surface area contributed by atoms with Crippen molar-refractivity contribution >= 4 is 17.9 Å². The van der Waals surface area contributed by atoms with E-state index in [9.17, 15) is 14.4 Å². The van der Waals surface area contributed by atoms with E-state index in [2.05, 4.69) is 5.32 Å². The summed E-state index contributed by atoms with van der Waals surface area (Å²) >= 11 is 0. The predicted molar refractivity (Wildman–Crippen MR) is 120 cm³/mol.